The first-order valence-electron chi connectivity index (χ1n) is 5.24. The van der Waals surface area contributed by atoms with Crippen LogP contribution in [0.5, 0.6) is 0 Å². The van der Waals surface area contributed by atoms with E-state index in [4.69, 9.17) is 5.73 Å². The Morgan fingerprint density at radius 2 is 1.94 bits per heavy atom. The highest BCUT2D eigenvalue weighted by atomic mass is 19.4. The minimum Gasteiger partial charge on any atom is -0.341 e. The molecule has 0 rings (SSSR count). The van der Waals surface area contributed by atoms with Gasteiger partial charge in [-0.15, -0.1) is 0 Å². The van der Waals surface area contributed by atoms with E-state index in [0.717, 1.165) is 4.90 Å². The van der Waals surface area contributed by atoms with Gasteiger partial charge in [0.15, 0.2) is 0 Å². The monoisotopic (exact) mass is 270 g/mol. The van der Waals surface area contributed by atoms with Crippen molar-refractivity contribution >= 4 is 11.9 Å². The Labute approximate surface area is 103 Å². The number of carbonyl (C=O) groups is 2. The molecule has 106 valence electrons. The molecule has 6 nitrogen and oxygen atoms in total. The minimum atomic E-state index is -4.43. The summed E-state index contributed by atoms with van der Waals surface area (Å²) in [7, 11) is 1.29. The van der Waals surface area contributed by atoms with E-state index in [1.54, 1.807) is 0 Å². The Morgan fingerprint density at radius 1 is 1.39 bits per heavy atom. The zero-order chi connectivity index (χ0) is 14.3. The van der Waals surface area contributed by atoms with E-state index in [9.17, 15) is 22.8 Å². The molecule has 0 aliphatic heterocycles. The molecule has 9 heteroatoms. The fourth-order valence-corrected chi connectivity index (χ4v) is 1.25. The summed E-state index contributed by atoms with van der Waals surface area (Å²) in [6.07, 6.45) is -4.43. The van der Waals surface area contributed by atoms with Crippen LogP contribution in [0.1, 0.15) is 6.92 Å². The maximum Gasteiger partial charge on any atom is 0.401 e. The Bertz CT molecular complexity index is 296. The second-order valence-corrected chi connectivity index (χ2v) is 3.62. The van der Waals surface area contributed by atoms with Crippen LogP contribution in [0, 0.1) is 0 Å². The van der Waals surface area contributed by atoms with Gasteiger partial charge in [-0.2, -0.15) is 13.2 Å². The van der Waals surface area contributed by atoms with Gasteiger partial charge in [0, 0.05) is 20.1 Å². The molecule has 0 aliphatic rings. The molecule has 0 heterocycles. The number of nitrogens with two attached hydrogens (primary N) is 1. The van der Waals surface area contributed by atoms with E-state index in [1.165, 1.54) is 14.0 Å². The maximum absolute atomic E-state index is 12.3. The molecule has 4 N–H and O–H groups in total. The molecular weight excluding hydrogens is 253 g/mol. The van der Waals surface area contributed by atoms with E-state index in [-0.39, 0.29) is 13.1 Å². The lowest BCUT2D eigenvalue weighted by molar-refractivity contribution is -0.153. The fourth-order valence-electron chi connectivity index (χ4n) is 1.25. The molecule has 1 unspecified atom stereocenters. The molecule has 0 fully saturated rings. The average molecular weight is 270 g/mol. The van der Waals surface area contributed by atoms with Gasteiger partial charge in [-0.25, -0.2) is 4.79 Å². The summed E-state index contributed by atoms with van der Waals surface area (Å²) < 4.78 is 36.9. The molecular formula is C9H17F3N4O2. The van der Waals surface area contributed by atoms with Crippen LogP contribution in [-0.4, -0.2) is 55.7 Å². The smallest absolute Gasteiger partial charge is 0.341 e. The topological polar surface area (TPSA) is 87.5 Å². The van der Waals surface area contributed by atoms with E-state index < -0.39 is 30.7 Å². The number of rotatable bonds is 5. The largest absolute Gasteiger partial charge is 0.401 e. The summed E-state index contributed by atoms with van der Waals surface area (Å²) in [6.45, 7) is -0.0955. The highest BCUT2D eigenvalue weighted by molar-refractivity contribution is 5.96. The standard InChI is InChI=1S/C9H17F3N4O2/c1-6(7(17)15-8(18)14-2)16(4-3-13)5-9(10,11)12/h6H,3-5,13H2,1-2H3,(H2,14,15,17,18). The molecule has 0 saturated heterocycles. The van der Waals surface area contributed by atoms with Crippen molar-refractivity contribution in [3.05, 3.63) is 0 Å². The number of alkyl halides is 3. The first kappa shape index (κ1) is 16.6. The van der Waals surface area contributed by atoms with Gasteiger partial charge in [-0.3, -0.25) is 15.0 Å². The maximum atomic E-state index is 12.3. The van der Waals surface area contributed by atoms with Crippen LogP contribution in [0.15, 0.2) is 0 Å². The molecule has 3 amide bonds. The van der Waals surface area contributed by atoms with Crippen molar-refractivity contribution in [3.8, 4) is 0 Å². The fraction of sp³-hybridized carbons (Fsp3) is 0.778. The van der Waals surface area contributed by atoms with E-state index in [1.807, 2.05) is 5.32 Å². The van der Waals surface area contributed by atoms with Crippen molar-refractivity contribution in [2.75, 3.05) is 26.7 Å². The van der Waals surface area contributed by atoms with Crippen molar-refractivity contribution in [2.45, 2.75) is 19.1 Å². The summed E-state index contributed by atoms with van der Waals surface area (Å²) in [6, 6.07) is -1.88. The molecule has 0 radical (unpaired) electrons. The van der Waals surface area contributed by atoms with Crippen LogP contribution in [-0.2, 0) is 4.79 Å². The second kappa shape index (κ2) is 7.17. The lowest BCUT2D eigenvalue weighted by Crippen LogP contribution is -2.52. The van der Waals surface area contributed by atoms with Crippen LogP contribution in [0.25, 0.3) is 0 Å². The Balaban J connectivity index is 4.59. The van der Waals surface area contributed by atoms with Crippen LogP contribution in [0.3, 0.4) is 0 Å². The van der Waals surface area contributed by atoms with Gasteiger partial charge in [0.05, 0.1) is 12.6 Å². The predicted octanol–water partition coefficient (Wildman–Crippen LogP) is -0.347. The summed E-state index contributed by atoms with van der Waals surface area (Å²) in [5.41, 5.74) is 5.19. The van der Waals surface area contributed by atoms with E-state index >= 15 is 0 Å². The molecule has 1 atom stereocenters. The summed E-state index contributed by atoms with van der Waals surface area (Å²) in [5.74, 6) is -0.813. The number of nitrogens with one attached hydrogen (secondary N) is 2. The molecule has 0 aromatic carbocycles. The third-order valence-corrected chi connectivity index (χ3v) is 2.19. The molecule has 0 aliphatic carbocycles. The number of imide groups is 1. The quantitative estimate of drug-likeness (QED) is 0.637. The normalized spacial score (nSPS) is 13.3. The molecule has 0 aromatic heterocycles. The van der Waals surface area contributed by atoms with Crippen molar-refractivity contribution in [3.63, 3.8) is 0 Å². The highest BCUT2D eigenvalue weighted by Crippen LogP contribution is 2.17. The molecule has 0 saturated carbocycles. The SMILES string of the molecule is CNC(=O)NC(=O)C(C)N(CCN)CC(F)(F)F. The number of hydrogen-bond donors (Lipinski definition) is 3. The van der Waals surface area contributed by atoms with Crippen LogP contribution < -0.4 is 16.4 Å². The van der Waals surface area contributed by atoms with E-state index in [2.05, 4.69) is 5.32 Å². The van der Waals surface area contributed by atoms with Gasteiger partial charge in [-0.05, 0) is 6.92 Å². The van der Waals surface area contributed by atoms with Crippen molar-refractivity contribution in [1.29, 1.82) is 0 Å². The molecule has 0 aromatic rings. The van der Waals surface area contributed by atoms with Crippen molar-refractivity contribution in [2.24, 2.45) is 5.73 Å². The summed E-state index contributed by atoms with van der Waals surface area (Å²) >= 11 is 0. The second-order valence-electron chi connectivity index (χ2n) is 3.62. The predicted molar refractivity (Wildman–Crippen MR) is 58.7 cm³/mol. The third-order valence-electron chi connectivity index (χ3n) is 2.19. The number of carbonyl (C=O) groups excluding carboxylic acids is 2. The minimum absolute atomic E-state index is 0.0202. The average Bonchev–Trinajstić information content (AvgIpc) is 2.25. The zero-order valence-electron chi connectivity index (χ0n) is 10.2. The Kier molecular flexibility index (Phi) is 6.63. The third kappa shape index (κ3) is 6.40. The van der Waals surface area contributed by atoms with Gasteiger partial charge in [0.2, 0.25) is 5.91 Å². The molecule has 0 spiro atoms. The lowest BCUT2D eigenvalue weighted by atomic mass is 10.2. The van der Waals surface area contributed by atoms with Crippen LogP contribution in [0.2, 0.25) is 0 Å². The number of hydrogen-bond acceptors (Lipinski definition) is 4. The van der Waals surface area contributed by atoms with Crippen LogP contribution in [0.4, 0.5) is 18.0 Å². The van der Waals surface area contributed by atoms with Crippen molar-refractivity contribution < 1.29 is 22.8 Å². The van der Waals surface area contributed by atoms with Gasteiger partial charge in [0.1, 0.15) is 0 Å². The zero-order valence-corrected chi connectivity index (χ0v) is 10.2. The summed E-state index contributed by atoms with van der Waals surface area (Å²) in [4.78, 5) is 23.2. The number of halogens is 3. The number of nitrogens with zero attached hydrogens (tertiary/aromatic N) is 1. The Morgan fingerprint density at radius 3 is 2.33 bits per heavy atom. The first-order chi connectivity index (χ1) is 8.21. The van der Waals surface area contributed by atoms with Crippen molar-refractivity contribution in [1.82, 2.24) is 15.5 Å². The van der Waals surface area contributed by atoms with Gasteiger partial charge in [0.25, 0.3) is 0 Å². The lowest BCUT2D eigenvalue weighted by Gasteiger charge is -2.28. The molecule has 0 bridgehead atoms. The van der Waals surface area contributed by atoms with Gasteiger partial charge in [-0.1, -0.05) is 0 Å². The number of urea groups is 1. The first-order valence-corrected chi connectivity index (χ1v) is 5.24. The summed E-state index contributed by atoms with van der Waals surface area (Å²) in [5, 5.41) is 4.05. The van der Waals surface area contributed by atoms with Crippen LogP contribution >= 0.6 is 0 Å². The van der Waals surface area contributed by atoms with Gasteiger partial charge < -0.3 is 11.1 Å². The van der Waals surface area contributed by atoms with E-state index in [0.29, 0.717) is 0 Å². The van der Waals surface area contributed by atoms with Gasteiger partial charge >= 0.3 is 12.2 Å². The Hall–Kier alpha value is -1.35. The highest BCUT2D eigenvalue weighted by Gasteiger charge is 2.34. The number of amides is 3. The molecule has 18 heavy (non-hydrogen) atoms.